The zero-order valence-electron chi connectivity index (χ0n) is 9.21. The van der Waals surface area contributed by atoms with Gasteiger partial charge in [-0.2, -0.15) is 13.2 Å². The minimum Gasteiger partial charge on any atom is -0.372 e. The first-order chi connectivity index (χ1) is 8.01. The van der Waals surface area contributed by atoms with Crippen LogP contribution in [0.15, 0.2) is 12.4 Å². The van der Waals surface area contributed by atoms with E-state index in [2.05, 4.69) is 25.3 Å². The molecule has 1 rings (SSSR count). The SMILES string of the molecule is CNc1cncc(NCCOCC(F)(F)F)n1. The molecule has 1 aromatic heterocycles. The predicted octanol–water partition coefficient (Wildman–Crippen LogP) is 1.51. The highest BCUT2D eigenvalue weighted by Crippen LogP contribution is 2.14. The highest BCUT2D eigenvalue weighted by molar-refractivity contribution is 5.40. The number of aromatic nitrogens is 2. The highest BCUT2D eigenvalue weighted by atomic mass is 19.4. The monoisotopic (exact) mass is 250 g/mol. The maximum atomic E-state index is 11.7. The van der Waals surface area contributed by atoms with Gasteiger partial charge in [-0.05, 0) is 0 Å². The lowest BCUT2D eigenvalue weighted by molar-refractivity contribution is -0.172. The summed E-state index contributed by atoms with van der Waals surface area (Å²) in [5.41, 5.74) is 0. The molecule has 0 aromatic carbocycles. The normalized spacial score (nSPS) is 11.3. The maximum Gasteiger partial charge on any atom is 0.411 e. The first kappa shape index (κ1) is 13.5. The number of rotatable bonds is 6. The van der Waals surface area contributed by atoms with E-state index in [0.717, 1.165) is 0 Å². The van der Waals surface area contributed by atoms with Crippen LogP contribution in [0.3, 0.4) is 0 Å². The second kappa shape index (κ2) is 6.24. The molecule has 1 aromatic rings. The molecule has 0 atom stereocenters. The third-order valence-corrected chi connectivity index (χ3v) is 1.71. The lowest BCUT2D eigenvalue weighted by Gasteiger charge is -2.09. The van der Waals surface area contributed by atoms with Gasteiger partial charge < -0.3 is 15.4 Å². The number of hydrogen-bond acceptors (Lipinski definition) is 5. The molecule has 96 valence electrons. The Morgan fingerprint density at radius 2 is 2.00 bits per heavy atom. The number of alkyl halides is 3. The summed E-state index contributed by atoms with van der Waals surface area (Å²) < 4.78 is 39.6. The van der Waals surface area contributed by atoms with Crippen LogP contribution in [0, 0.1) is 0 Å². The quantitative estimate of drug-likeness (QED) is 0.749. The largest absolute Gasteiger partial charge is 0.411 e. The molecule has 2 N–H and O–H groups in total. The molecule has 0 aliphatic rings. The van der Waals surface area contributed by atoms with Gasteiger partial charge in [0.2, 0.25) is 0 Å². The van der Waals surface area contributed by atoms with Gasteiger partial charge in [-0.25, -0.2) is 4.98 Å². The van der Waals surface area contributed by atoms with Gasteiger partial charge in [-0.1, -0.05) is 0 Å². The smallest absolute Gasteiger partial charge is 0.372 e. The van der Waals surface area contributed by atoms with E-state index >= 15 is 0 Å². The van der Waals surface area contributed by atoms with Crippen molar-refractivity contribution in [2.24, 2.45) is 0 Å². The third-order valence-electron chi connectivity index (χ3n) is 1.71. The van der Waals surface area contributed by atoms with Crippen LogP contribution in [0.5, 0.6) is 0 Å². The summed E-state index contributed by atoms with van der Waals surface area (Å²) in [5, 5.41) is 5.59. The summed E-state index contributed by atoms with van der Waals surface area (Å²) in [4.78, 5) is 7.96. The van der Waals surface area contributed by atoms with Crippen molar-refractivity contribution in [2.45, 2.75) is 6.18 Å². The van der Waals surface area contributed by atoms with Crippen LogP contribution in [0.4, 0.5) is 24.8 Å². The maximum absolute atomic E-state index is 11.7. The molecule has 0 bridgehead atoms. The molecule has 0 aliphatic carbocycles. The van der Waals surface area contributed by atoms with E-state index in [1.807, 2.05) is 0 Å². The zero-order valence-corrected chi connectivity index (χ0v) is 9.21. The van der Waals surface area contributed by atoms with Crippen LogP contribution in [0.2, 0.25) is 0 Å². The number of nitrogens with zero attached hydrogens (tertiary/aromatic N) is 2. The molecule has 0 spiro atoms. The van der Waals surface area contributed by atoms with E-state index in [4.69, 9.17) is 0 Å². The fourth-order valence-electron chi connectivity index (χ4n) is 1.01. The summed E-state index contributed by atoms with van der Waals surface area (Å²) in [6.45, 7) is -1.06. The molecule has 0 saturated carbocycles. The second-order valence-corrected chi connectivity index (χ2v) is 3.13. The Labute approximate surface area is 96.4 Å². The molecule has 0 fully saturated rings. The summed E-state index contributed by atoms with van der Waals surface area (Å²) in [6, 6.07) is 0. The van der Waals surface area contributed by atoms with E-state index in [1.54, 1.807) is 7.05 Å². The molecule has 0 unspecified atom stereocenters. The lowest BCUT2D eigenvalue weighted by atomic mass is 10.5. The lowest BCUT2D eigenvalue weighted by Crippen LogP contribution is -2.20. The minimum atomic E-state index is -4.29. The number of hydrogen-bond donors (Lipinski definition) is 2. The zero-order chi connectivity index (χ0) is 12.7. The van der Waals surface area contributed by atoms with Crippen molar-refractivity contribution in [3.8, 4) is 0 Å². The van der Waals surface area contributed by atoms with E-state index < -0.39 is 12.8 Å². The summed E-state index contributed by atoms with van der Waals surface area (Å²) >= 11 is 0. The molecule has 17 heavy (non-hydrogen) atoms. The molecule has 8 heteroatoms. The molecule has 5 nitrogen and oxygen atoms in total. The van der Waals surface area contributed by atoms with Crippen molar-refractivity contribution < 1.29 is 17.9 Å². The average Bonchev–Trinajstić information content (AvgIpc) is 2.27. The Bertz CT molecular complexity index is 345. The Balaban J connectivity index is 2.22. The molecular formula is C9H13F3N4O. The highest BCUT2D eigenvalue weighted by Gasteiger charge is 2.27. The number of halogens is 3. The second-order valence-electron chi connectivity index (χ2n) is 3.13. The number of ether oxygens (including phenoxy) is 1. The molecule has 0 radical (unpaired) electrons. The summed E-state index contributed by atoms with van der Waals surface area (Å²) in [5.74, 6) is 1.05. The van der Waals surface area contributed by atoms with Gasteiger partial charge >= 0.3 is 6.18 Å². The van der Waals surface area contributed by atoms with Crippen molar-refractivity contribution in [2.75, 3.05) is 37.4 Å². The molecule has 0 saturated heterocycles. The van der Waals surface area contributed by atoms with Gasteiger partial charge in [-0.3, -0.25) is 4.98 Å². The van der Waals surface area contributed by atoms with Crippen LogP contribution < -0.4 is 10.6 Å². The van der Waals surface area contributed by atoms with Crippen molar-refractivity contribution in [3.05, 3.63) is 12.4 Å². The standard InChI is InChI=1S/C9H13F3N4O/c1-13-7-4-14-5-8(16-7)15-2-3-17-6-9(10,11)12/h4-5H,2-3,6H2,1H3,(H2,13,15,16). The number of nitrogens with one attached hydrogen (secondary N) is 2. The van der Waals surface area contributed by atoms with E-state index in [1.165, 1.54) is 12.4 Å². The summed E-state index contributed by atoms with van der Waals surface area (Å²) in [7, 11) is 1.69. The first-order valence-electron chi connectivity index (χ1n) is 4.89. The average molecular weight is 250 g/mol. The van der Waals surface area contributed by atoms with Crippen LogP contribution in [0.25, 0.3) is 0 Å². The van der Waals surface area contributed by atoms with Crippen LogP contribution >= 0.6 is 0 Å². The topological polar surface area (TPSA) is 59.1 Å². The van der Waals surface area contributed by atoms with Gasteiger partial charge in [-0.15, -0.1) is 0 Å². The summed E-state index contributed by atoms with van der Waals surface area (Å²) in [6.07, 6.45) is -1.28. The third kappa shape index (κ3) is 5.91. The predicted molar refractivity (Wildman–Crippen MR) is 56.9 cm³/mol. The van der Waals surface area contributed by atoms with E-state index in [-0.39, 0.29) is 13.2 Å². The fraction of sp³-hybridized carbons (Fsp3) is 0.556. The Morgan fingerprint density at radius 3 is 2.65 bits per heavy atom. The van der Waals surface area contributed by atoms with Gasteiger partial charge in [0.25, 0.3) is 0 Å². The first-order valence-corrected chi connectivity index (χ1v) is 4.89. The van der Waals surface area contributed by atoms with Gasteiger partial charge in [0, 0.05) is 13.6 Å². The minimum absolute atomic E-state index is 0.0506. The van der Waals surface area contributed by atoms with Crippen molar-refractivity contribution in [1.29, 1.82) is 0 Å². The molecule has 1 heterocycles. The van der Waals surface area contributed by atoms with Crippen LogP contribution in [0.1, 0.15) is 0 Å². The van der Waals surface area contributed by atoms with Crippen LogP contribution in [-0.4, -0.2) is 43.0 Å². The van der Waals surface area contributed by atoms with E-state index in [0.29, 0.717) is 11.6 Å². The molecular weight excluding hydrogens is 237 g/mol. The van der Waals surface area contributed by atoms with Gasteiger partial charge in [0.1, 0.15) is 18.2 Å². The Morgan fingerprint density at radius 1 is 1.29 bits per heavy atom. The molecule has 0 aliphatic heterocycles. The van der Waals surface area contributed by atoms with Crippen molar-refractivity contribution in [1.82, 2.24) is 9.97 Å². The molecule has 0 amide bonds. The van der Waals surface area contributed by atoms with Gasteiger partial charge in [0.15, 0.2) is 0 Å². The Hall–Kier alpha value is -1.57. The van der Waals surface area contributed by atoms with Crippen molar-refractivity contribution >= 4 is 11.6 Å². The Kier molecular flexibility index (Phi) is 4.95. The fourth-order valence-corrected chi connectivity index (χ4v) is 1.01. The van der Waals surface area contributed by atoms with Crippen molar-refractivity contribution in [3.63, 3.8) is 0 Å². The van der Waals surface area contributed by atoms with Gasteiger partial charge in [0.05, 0.1) is 19.0 Å². The van der Waals surface area contributed by atoms with E-state index in [9.17, 15) is 13.2 Å². The van der Waals surface area contributed by atoms with Crippen LogP contribution in [-0.2, 0) is 4.74 Å². The number of anilines is 2.